The van der Waals surface area contributed by atoms with E-state index < -0.39 is 0 Å². The fourth-order valence-corrected chi connectivity index (χ4v) is 2.71. The SMILES string of the molecule is C=CCc1ccc(OC(C)C)c(C=CC(=O)c2ccc(O)cc2)c1OC(C)C. The van der Waals surface area contributed by atoms with Crippen LogP contribution in [0.4, 0.5) is 0 Å². The summed E-state index contributed by atoms with van der Waals surface area (Å²) >= 11 is 0. The van der Waals surface area contributed by atoms with E-state index >= 15 is 0 Å². The van der Waals surface area contributed by atoms with Crippen LogP contribution in [-0.2, 0) is 6.42 Å². The maximum absolute atomic E-state index is 12.5. The van der Waals surface area contributed by atoms with Crippen molar-refractivity contribution in [2.45, 2.75) is 46.3 Å². The molecule has 0 radical (unpaired) electrons. The Balaban J connectivity index is 2.49. The van der Waals surface area contributed by atoms with Crippen molar-refractivity contribution in [1.29, 1.82) is 0 Å². The molecule has 0 aliphatic carbocycles. The molecule has 28 heavy (non-hydrogen) atoms. The molecule has 0 heterocycles. The van der Waals surface area contributed by atoms with Gasteiger partial charge < -0.3 is 14.6 Å². The van der Waals surface area contributed by atoms with Crippen LogP contribution in [-0.4, -0.2) is 23.1 Å². The van der Waals surface area contributed by atoms with Crippen LogP contribution in [0.1, 0.15) is 49.2 Å². The van der Waals surface area contributed by atoms with Crippen LogP contribution in [0.3, 0.4) is 0 Å². The van der Waals surface area contributed by atoms with Crippen LogP contribution in [0, 0.1) is 0 Å². The van der Waals surface area contributed by atoms with Gasteiger partial charge in [-0.15, -0.1) is 6.58 Å². The molecule has 0 aromatic heterocycles. The Bertz CT molecular complexity index is 846. The fraction of sp³-hybridized carbons (Fsp3) is 0.292. The maximum Gasteiger partial charge on any atom is 0.185 e. The summed E-state index contributed by atoms with van der Waals surface area (Å²) in [5, 5.41) is 9.40. The first-order valence-electron chi connectivity index (χ1n) is 9.43. The van der Waals surface area contributed by atoms with Crippen LogP contribution >= 0.6 is 0 Å². The highest BCUT2D eigenvalue weighted by Crippen LogP contribution is 2.35. The Kier molecular flexibility index (Phi) is 7.44. The Labute approximate surface area is 167 Å². The summed E-state index contributed by atoms with van der Waals surface area (Å²) in [6, 6.07) is 10.0. The number of ether oxygens (including phenoxy) is 2. The van der Waals surface area contributed by atoms with Crippen molar-refractivity contribution in [3.05, 3.63) is 71.8 Å². The molecule has 0 aliphatic heterocycles. The number of ketones is 1. The number of rotatable bonds is 9. The number of phenolic OH excluding ortho intramolecular Hbond substituents is 1. The third-order valence-electron chi connectivity index (χ3n) is 3.87. The lowest BCUT2D eigenvalue weighted by atomic mass is 10.0. The Hall–Kier alpha value is -3.01. The third-order valence-corrected chi connectivity index (χ3v) is 3.87. The van der Waals surface area contributed by atoms with Crippen LogP contribution in [0.5, 0.6) is 17.2 Å². The van der Waals surface area contributed by atoms with Gasteiger partial charge in [0, 0.05) is 5.56 Å². The van der Waals surface area contributed by atoms with Crippen LogP contribution in [0.15, 0.2) is 55.1 Å². The topological polar surface area (TPSA) is 55.8 Å². The van der Waals surface area contributed by atoms with Gasteiger partial charge in [-0.2, -0.15) is 0 Å². The average molecular weight is 380 g/mol. The summed E-state index contributed by atoms with van der Waals surface area (Å²) in [7, 11) is 0. The Morgan fingerprint density at radius 3 is 2.25 bits per heavy atom. The Morgan fingerprint density at radius 2 is 1.68 bits per heavy atom. The summed E-state index contributed by atoms with van der Waals surface area (Å²) in [5.41, 5.74) is 2.21. The van der Waals surface area contributed by atoms with E-state index in [1.54, 1.807) is 18.2 Å². The average Bonchev–Trinajstić information content (AvgIpc) is 2.63. The zero-order valence-corrected chi connectivity index (χ0v) is 16.9. The first-order chi connectivity index (χ1) is 13.3. The van der Waals surface area contributed by atoms with Crippen LogP contribution < -0.4 is 9.47 Å². The Morgan fingerprint density at radius 1 is 1.04 bits per heavy atom. The number of hydrogen-bond donors (Lipinski definition) is 1. The second-order valence-electron chi connectivity index (χ2n) is 7.04. The molecule has 0 amide bonds. The molecule has 0 unspecified atom stereocenters. The molecule has 0 fully saturated rings. The van der Waals surface area contributed by atoms with Gasteiger partial charge in [-0.3, -0.25) is 4.79 Å². The minimum atomic E-state index is -0.167. The standard InChI is InChI=1S/C24H28O4/c1-6-7-19-10-15-23(27-16(2)3)21(24(19)28-17(4)5)13-14-22(26)18-8-11-20(25)12-9-18/h6,8-17,25H,1,7H2,2-5H3. The molecule has 148 valence electrons. The van der Waals surface area contributed by atoms with Crippen molar-refractivity contribution < 1.29 is 19.4 Å². The van der Waals surface area contributed by atoms with E-state index in [1.165, 1.54) is 18.2 Å². The quantitative estimate of drug-likeness (QED) is 0.350. The minimum absolute atomic E-state index is 0.0166. The molecule has 0 atom stereocenters. The molecule has 4 nitrogen and oxygen atoms in total. The summed E-state index contributed by atoms with van der Waals surface area (Å²) in [6.07, 6.45) is 5.66. The number of carbonyl (C=O) groups is 1. The highest BCUT2D eigenvalue weighted by Gasteiger charge is 2.16. The molecule has 0 bridgehead atoms. The van der Waals surface area contributed by atoms with E-state index in [2.05, 4.69) is 6.58 Å². The van der Waals surface area contributed by atoms with Crippen molar-refractivity contribution in [1.82, 2.24) is 0 Å². The van der Waals surface area contributed by atoms with Crippen molar-refractivity contribution >= 4 is 11.9 Å². The van der Waals surface area contributed by atoms with E-state index in [4.69, 9.17) is 9.47 Å². The number of phenols is 1. The number of aromatic hydroxyl groups is 1. The molecule has 1 N–H and O–H groups in total. The number of allylic oxidation sites excluding steroid dienone is 2. The largest absolute Gasteiger partial charge is 0.508 e. The minimum Gasteiger partial charge on any atom is -0.508 e. The van der Waals surface area contributed by atoms with Gasteiger partial charge in [-0.25, -0.2) is 0 Å². The fourth-order valence-electron chi connectivity index (χ4n) is 2.71. The summed E-state index contributed by atoms with van der Waals surface area (Å²) in [6.45, 7) is 11.6. The van der Waals surface area contributed by atoms with Crippen LogP contribution in [0.25, 0.3) is 6.08 Å². The smallest absolute Gasteiger partial charge is 0.185 e. The molecule has 2 aromatic rings. The maximum atomic E-state index is 12.5. The van der Waals surface area contributed by atoms with Crippen molar-refractivity contribution in [2.24, 2.45) is 0 Å². The molecule has 0 aliphatic rings. The zero-order chi connectivity index (χ0) is 20.7. The third kappa shape index (κ3) is 5.74. The number of hydrogen-bond acceptors (Lipinski definition) is 4. The molecule has 2 aromatic carbocycles. The van der Waals surface area contributed by atoms with E-state index in [-0.39, 0.29) is 23.7 Å². The highest BCUT2D eigenvalue weighted by molar-refractivity contribution is 6.07. The lowest BCUT2D eigenvalue weighted by Gasteiger charge is -2.20. The molecule has 2 rings (SSSR count). The highest BCUT2D eigenvalue weighted by atomic mass is 16.5. The van der Waals surface area contributed by atoms with Gasteiger partial charge in [-0.05, 0) is 82.2 Å². The number of carbonyl (C=O) groups excluding carboxylic acids is 1. The summed E-state index contributed by atoms with van der Waals surface area (Å²) in [5.74, 6) is 1.31. The molecule has 0 saturated heterocycles. The van der Waals surface area contributed by atoms with Gasteiger partial charge in [0.25, 0.3) is 0 Å². The summed E-state index contributed by atoms with van der Waals surface area (Å²) < 4.78 is 12.0. The van der Waals surface area contributed by atoms with Crippen molar-refractivity contribution in [3.63, 3.8) is 0 Å². The van der Waals surface area contributed by atoms with Crippen LogP contribution in [0.2, 0.25) is 0 Å². The molecular weight excluding hydrogens is 352 g/mol. The normalized spacial score (nSPS) is 11.2. The van der Waals surface area contributed by atoms with Gasteiger partial charge in [0.1, 0.15) is 17.2 Å². The number of benzene rings is 2. The lowest BCUT2D eigenvalue weighted by molar-refractivity contribution is 0.104. The monoisotopic (exact) mass is 380 g/mol. The first-order valence-corrected chi connectivity index (χ1v) is 9.43. The van der Waals surface area contributed by atoms with E-state index in [9.17, 15) is 9.90 Å². The van der Waals surface area contributed by atoms with Crippen molar-refractivity contribution in [2.75, 3.05) is 0 Å². The molecular formula is C24H28O4. The van der Waals surface area contributed by atoms with E-state index in [0.29, 0.717) is 23.5 Å². The van der Waals surface area contributed by atoms with E-state index in [1.807, 2.05) is 45.9 Å². The second kappa shape index (κ2) is 9.79. The predicted octanol–water partition coefficient (Wildman–Crippen LogP) is 5.59. The van der Waals surface area contributed by atoms with Gasteiger partial charge in [-0.1, -0.05) is 12.1 Å². The first kappa shape index (κ1) is 21.3. The van der Waals surface area contributed by atoms with Gasteiger partial charge >= 0.3 is 0 Å². The lowest BCUT2D eigenvalue weighted by Crippen LogP contribution is -2.12. The van der Waals surface area contributed by atoms with Gasteiger partial charge in [0.15, 0.2) is 5.78 Å². The van der Waals surface area contributed by atoms with E-state index in [0.717, 1.165) is 11.1 Å². The predicted molar refractivity (Wildman–Crippen MR) is 113 cm³/mol. The van der Waals surface area contributed by atoms with Gasteiger partial charge in [0.2, 0.25) is 0 Å². The zero-order valence-electron chi connectivity index (χ0n) is 16.9. The van der Waals surface area contributed by atoms with Gasteiger partial charge in [0.05, 0.1) is 17.8 Å². The molecule has 0 spiro atoms. The summed E-state index contributed by atoms with van der Waals surface area (Å²) in [4.78, 5) is 12.5. The molecule has 0 saturated carbocycles. The molecule has 4 heteroatoms. The van der Waals surface area contributed by atoms with Crippen molar-refractivity contribution in [3.8, 4) is 17.2 Å². The second-order valence-corrected chi connectivity index (χ2v) is 7.04.